The molecule has 1 aromatic heterocycles. The molecule has 0 radical (unpaired) electrons. The van der Waals surface area contributed by atoms with Crippen LogP contribution in [-0.2, 0) is 10.3 Å². The van der Waals surface area contributed by atoms with Crippen molar-refractivity contribution in [3.8, 4) is 0 Å². The molecule has 0 aliphatic rings. The van der Waals surface area contributed by atoms with Crippen molar-refractivity contribution >= 4 is 5.97 Å². The molecule has 0 aliphatic carbocycles. The average Bonchev–Trinajstić information content (AvgIpc) is 2.17. The first kappa shape index (κ1) is 10.4. The Morgan fingerprint density at radius 2 is 2.36 bits per heavy atom. The molecule has 1 heterocycles. The van der Waals surface area contributed by atoms with Crippen LogP contribution in [0.4, 0.5) is 0 Å². The summed E-state index contributed by atoms with van der Waals surface area (Å²) in [7, 11) is 0. The van der Waals surface area contributed by atoms with Crippen molar-refractivity contribution in [3.63, 3.8) is 0 Å². The Balaban J connectivity index is 3.34. The largest absolute Gasteiger partial charge is 0.479 e. The second kappa shape index (κ2) is 3.61. The van der Waals surface area contributed by atoms with Crippen LogP contribution < -0.4 is 5.56 Å². The van der Waals surface area contributed by atoms with Crippen molar-refractivity contribution < 1.29 is 9.90 Å². The minimum absolute atomic E-state index is 0.305. The zero-order valence-electron chi connectivity index (χ0n) is 8.10. The summed E-state index contributed by atoms with van der Waals surface area (Å²) in [5, 5.41) is 12.8. The molecule has 0 aromatic carbocycles. The lowest BCUT2D eigenvalue weighted by atomic mass is 10.00. The number of hydrogen-bond donors (Lipinski definition) is 1. The first-order chi connectivity index (χ1) is 6.52. The number of hydrogen-bond acceptors (Lipinski definition) is 3. The fraction of sp³-hybridized carbons (Fsp3) is 0.444. The van der Waals surface area contributed by atoms with Crippen molar-refractivity contribution in [2.45, 2.75) is 25.8 Å². The van der Waals surface area contributed by atoms with E-state index in [4.69, 9.17) is 5.11 Å². The van der Waals surface area contributed by atoms with Crippen LogP contribution in [0.25, 0.3) is 0 Å². The highest BCUT2D eigenvalue weighted by molar-refractivity contribution is 5.75. The molecule has 5 heteroatoms. The van der Waals surface area contributed by atoms with Gasteiger partial charge >= 0.3 is 5.97 Å². The smallest absolute Gasteiger partial charge is 0.331 e. The number of aliphatic carboxylic acids is 1. The maximum atomic E-state index is 11.4. The predicted octanol–water partition coefficient (Wildman–Crippen LogP) is 0.453. The van der Waals surface area contributed by atoms with Crippen molar-refractivity contribution in [2.24, 2.45) is 0 Å². The fourth-order valence-electron chi connectivity index (χ4n) is 1.12. The number of nitrogens with zero attached hydrogens (tertiary/aromatic N) is 2. The zero-order valence-corrected chi connectivity index (χ0v) is 8.10. The molecule has 1 N–H and O–H groups in total. The SMILES string of the molecule is CCC(C)(C(=O)O)n1ncccc1=O. The third-order valence-corrected chi connectivity index (χ3v) is 2.33. The van der Waals surface area contributed by atoms with Gasteiger partial charge in [-0.05, 0) is 19.4 Å². The summed E-state index contributed by atoms with van der Waals surface area (Å²) in [6.45, 7) is 3.18. The molecule has 1 rings (SSSR count). The van der Waals surface area contributed by atoms with Gasteiger partial charge in [-0.25, -0.2) is 9.48 Å². The third-order valence-electron chi connectivity index (χ3n) is 2.33. The minimum Gasteiger partial charge on any atom is -0.479 e. The summed E-state index contributed by atoms with van der Waals surface area (Å²) in [4.78, 5) is 22.4. The number of carboxylic acid groups (broad SMARTS) is 1. The Labute approximate surface area is 81.0 Å². The Kier molecular flexibility index (Phi) is 2.69. The van der Waals surface area contributed by atoms with Gasteiger partial charge in [-0.15, -0.1) is 0 Å². The van der Waals surface area contributed by atoms with Crippen molar-refractivity contribution in [2.75, 3.05) is 0 Å². The van der Waals surface area contributed by atoms with E-state index in [1.165, 1.54) is 25.3 Å². The number of rotatable bonds is 3. The van der Waals surface area contributed by atoms with E-state index < -0.39 is 17.1 Å². The van der Waals surface area contributed by atoms with E-state index in [1.54, 1.807) is 6.92 Å². The van der Waals surface area contributed by atoms with Crippen molar-refractivity contribution in [1.82, 2.24) is 9.78 Å². The van der Waals surface area contributed by atoms with Gasteiger partial charge in [-0.2, -0.15) is 5.10 Å². The first-order valence-electron chi connectivity index (χ1n) is 4.30. The summed E-state index contributed by atoms with van der Waals surface area (Å²) in [6, 6.07) is 2.78. The monoisotopic (exact) mass is 196 g/mol. The highest BCUT2D eigenvalue weighted by atomic mass is 16.4. The second-order valence-corrected chi connectivity index (χ2v) is 3.21. The molecule has 14 heavy (non-hydrogen) atoms. The highest BCUT2D eigenvalue weighted by Gasteiger charge is 2.34. The molecule has 0 spiro atoms. The molecule has 1 unspecified atom stereocenters. The normalized spacial score (nSPS) is 14.7. The van der Waals surface area contributed by atoms with Crippen LogP contribution in [0.1, 0.15) is 20.3 Å². The Bertz CT molecular complexity index is 399. The number of aromatic nitrogens is 2. The third kappa shape index (κ3) is 1.53. The van der Waals surface area contributed by atoms with Gasteiger partial charge in [-0.1, -0.05) is 6.92 Å². The van der Waals surface area contributed by atoms with Gasteiger partial charge in [0.25, 0.3) is 5.56 Å². The topological polar surface area (TPSA) is 72.2 Å². The minimum atomic E-state index is -1.27. The molecule has 76 valence electrons. The van der Waals surface area contributed by atoms with Crippen LogP contribution in [-0.4, -0.2) is 20.9 Å². The van der Waals surface area contributed by atoms with Crippen LogP contribution in [0.5, 0.6) is 0 Å². The van der Waals surface area contributed by atoms with Crippen molar-refractivity contribution in [3.05, 3.63) is 28.7 Å². The van der Waals surface area contributed by atoms with E-state index in [2.05, 4.69) is 5.10 Å². The summed E-state index contributed by atoms with van der Waals surface area (Å²) in [5.74, 6) is -1.05. The van der Waals surface area contributed by atoms with E-state index >= 15 is 0 Å². The van der Waals surface area contributed by atoms with Gasteiger partial charge in [0.2, 0.25) is 0 Å². The van der Waals surface area contributed by atoms with E-state index in [9.17, 15) is 9.59 Å². The van der Waals surface area contributed by atoms with Crippen LogP contribution in [0.15, 0.2) is 23.1 Å². The van der Waals surface area contributed by atoms with E-state index in [0.717, 1.165) is 4.68 Å². The lowest BCUT2D eigenvalue weighted by Crippen LogP contribution is -2.45. The maximum absolute atomic E-state index is 11.4. The van der Waals surface area contributed by atoms with Gasteiger partial charge < -0.3 is 5.11 Å². The van der Waals surface area contributed by atoms with E-state index in [-0.39, 0.29) is 0 Å². The zero-order chi connectivity index (χ0) is 10.8. The molecule has 0 saturated heterocycles. The Morgan fingerprint density at radius 1 is 1.71 bits per heavy atom. The summed E-state index contributed by atoms with van der Waals surface area (Å²) in [6.07, 6.45) is 1.71. The molecule has 0 saturated carbocycles. The summed E-state index contributed by atoms with van der Waals surface area (Å²) < 4.78 is 0.995. The van der Waals surface area contributed by atoms with Gasteiger partial charge in [-0.3, -0.25) is 4.79 Å². The van der Waals surface area contributed by atoms with Gasteiger partial charge in [0.1, 0.15) is 0 Å². The molecule has 1 aromatic rings. The average molecular weight is 196 g/mol. The highest BCUT2D eigenvalue weighted by Crippen LogP contribution is 2.16. The van der Waals surface area contributed by atoms with E-state index in [0.29, 0.717) is 6.42 Å². The van der Waals surface area contributed by atoms with E-state index in [1.807, 2.05) is 0 Å². The fourth-order valence-corrected chi connectivity index (χ4v) is 1.12. The number of carbonyl (C=O) groups is 1. The maximum Gasteiger partial charge on any atom is 0.331 e. The standard InChI is InChI=1S/C9H12N2O3/c1-3-9(2,8(13)14)11-7(12)5-4-6-10-11/h4-6H,3H2,1-2H3,(H,13,14). The van der Waals surface area contributed by atoms with Gasteiger partial charge in [0.15, 0.2) is 5.54 Å². The Hall–Kier alpha value is -1.65. The molecule has 0 aliphatic heterocycles. The second-order valence-electron chi connectivity index (χ2n) is 3.21. The van der Waals surface area contributed by atoms with Crippen LogP contribution in [0.3, 0.4) is 0 Å². The quantitative estimate of drug-likeness (QED) is 0.762. The molecule has 0 amide bonds. The predicted molar refractivity (Wildman–Crippen MR) is 50.1 cm³/mol. The summed E-state index contributed by atoms with van der Waals surface area (Å²) in [5.41, 5.74) is -1.67. The van der Waals surface area contributed by atoms with Crippen LogP contribution in [0, 0.1) is 0 Å². The molecular formula is C9H12N2O3. The van der Waals surface area contributed by atoms with Gasteiger partial charge in [0, 0.05) is 12.3 Å². The van der Waals surface area contributed by atoms with Gasteiger partial charge in [0.05, 0.1) is 0 Å². The van der Waals surface area contributed by atoms with Crippen molar-refractivity contribution in [1.29, 1.82) is 0 Å². The molecule has 1 atom stereocenters. The Morgan fingerprint density at radius 3 is 2.79 bits per heavy atom. The lowest BCUT2D eigenvalue weighted by molar-refractivity contribution is -0.147. The number of carboxylic acids is 1. The first-order valence-corrected chi connectivity index (χ1v) is 4.30. The molecule has 5 nitrogen and oxygen atoms in total. The summed E-state index contributed by atoms with van der Waals surface area (Å²) >= 11 is 0. The lowest BCUT2D eigenvalue weighted by Gasteiger charge is -2.23. The molecular weight excluding hydrogens is 184 g/mol. The van der Waals surface area contributed by atoms with Crippen LogP contribution >= 0.6 is 0 Å². The van der Waals surface area contributed by atoms with Crippen LogP contribution in [0.2, 0.25) is 0 Å². The molecule has 0 fully saturated rings. The molecule has 0 bridgehead atoms.